The summed E-state index contributed by atoms with van der Waals surface area (Å²) in [5.41, 5.74) is -0.164. The Morgan fingerprint density at radius 2 is 2.30 bits per heavy atom. The van der Waals surface area contributed by atoms with Gasteiger partial charge in [-0.15, -0.1) is 0 Å². The van der Waals surface area contributed by atoms with E-state index in [4.69, 9.17) is 0 Å². The predicted molar refractivity (Wildman–Crippen MR) is 94.6 cm³/mol. The molecule has 2 atom stereocenters. The Morgan fingerprint density at radius 1 is 1.52 bits per heavy atom. The van der Waals surface area contributed by atoms with Crippen LogP contribution < -0.4 is 10.6 Å². The standard InChI is InChI=1S/C15H25N3O3S2/c1-3-16-14(17-8-12-5-7-23(20,21)10-12)18-11-15(2,19)13-4-6-22-9-13/h4,6,9,12,19H,3,5,7-8,10-11H2,1-2H3,(H2,16,17,18). The van der Waals surface area contributed by atoms with Crippen LogP contribution in [0.25, 0.3) is 0 Å². The summed E-state index contributed by atoms with van der Waals surface area (Å²) in [4.78, 5) is 4.44. The molecule has 0 amide bonds. The van der Waals surface area contributed by atoms with E-state index in [2.05, 4.69) is 15.6 Å². The molecule has 130 valence electrons. The third-order valence-electron chi connectivity index (χ3n) is 3.92. The molecule has 3 N–H and O–H groups in total. The van der Waals surface area contributed by atoms with Crippen molar-refractivity contribution in [1.82, 2.24) is 10.6 Å². The van der Waals surface area contributed by atoms with Crippen LogP contribution in [0.5, 0.6) is 0 Å². The normalized spacial score (nSPS) is 23.4. The first-order chi connectivity index (χ1) is 10.8. The van der Waals surface area contributed by atoms with Gasteiger partial charge in [0.1, 0.15) is 5.60 Å². The van der Waals surface area contributed by atoms with Crippen molar-refractivity contribution >= 4 is 27.1 Å². The van der Waals surface area contributed by atoms with Crippen LogP contribution in [0.15, 0.2) is 21.8 Å². The minimum absolute atomic E-state index is 0.126. The number of guanidine groups is 1. The average molecular weight is 360 g/mol. The number of nitrogens with zero attached hydrogens (tertiary/aromatic N) is 1. The molecule has 0 radical (unpaired) electrons. The molecule has 2 rings (SSSR count). The molecule has 2 unspecified atom stereocenters. The van der Waals surface area contributed by atoms with Crippen molar-refractivity contribution in [2.45, 2.75) is 25.9 Å². The number of aliphatic imine (C=N–C) groups is 1. The first kappa shape index (κ1) is 18.2. The lowest BCUT2D eigenvalue weighted by atomic mass is 10.00. The molecule has 1 fully saturated rings. The summed E-state index contributed by atoms with van der Waals surface area (Å²) < 4.78 is 23.0. The summed E-state index contributed by atoms with van der Waals surface area (Å²) in [5, 5.41) is 20.7. The van der Waals surface area contributed by atoms with E-state index in [1.165, 1.54) is 0 Å². The van der Waals surface area contributed by atoms with Gasteiger partial charge in [0, 0.05) is 13.1 Å². The van der Waals surface area contributed by atoms with Crippen molar-refractivity contribution in [2.75, 3.05) is 31.1 Å². The van der Waals surface area contributed by atoms with Gasteiger partial charge in [0.15, 0.2) is 15.8 Å². The van der Waals surface area contributed by atoms with Crippen LogP contribution in [-0.4, -0.2) is 50.6 Å². The summed E-state index contributed by atoms with van der Waals surface area (Å²) in [6, 6.07) is 1.89. The Hall–Kier alpha value is -1.12. The highest BCUT2D eigenvalue weighted by Crippen LogP contribution is 2.23. The number of rotatable bonds is 6. The van der Waals surface area contributed by atoms with Gasteiger partial charge in [-0.25, -0.2) is 13.4 Å². The number of sulfone groups is 1. The third kappa shape index (κ3) is 5.47. The first-order valence-corrected chi connectivity index (χ1v) is 10.6. The third-order valence-corrected chi connectivity index (χ3v) is 6.44. The fraction of sp³-hybridized carbons (Fsp3) is 0.667. The fourth-order valence-electron chi connectivity index (χ4n) is 2.51. The second kappa shape index (κ2) is 7.63. The first-order valence-electron chi connectivity index (χ1n) is 7.80. The Bertz CT molecular complexity index is 624. The molecule has 1 saturated heterocycles. The highest BCUT2D eigenvalue weighted by atomic mass is 32.2. The van der Waals surface area contributed by atoms with Gasteiger partial charge in [-0.2, -0.15) is 11.3 Å². The highest BCUT2D eigenvalue weighted by Gasteiger charge is 2.28. The van der Waals surface area contributed by atoms with Gasteiger partial charge in [-0.1, -0.05) is 0 Å². The van der Waals surface area contributed by atoms with Crippen LogP contribution in [0.4, 0.5) is 0 Å². The molecule has 1 aromatic rings. The largest absolute Gasteiger partial charge is 0.383 e. The summed E-state index contributed by atoms with van der Waals surface area (Å²) in [6.45, 7) is 5.23. The van der Waals surface area contributed by atoms with Crippen LogP contribution in [-0.2, 0) is 15.4 Å². The average Bonchev–Trinajstić information content (AvgIpc) is 3.12. The number of hydrogen-bond acceptors (Lipinski definition) is 5. The van der Waals surface area contributed by atoms with E-state index < -0.39 is 15.4 Å². The molecule has 1 aromatic heterocycles. The summed E-state index contributed by atoms with van der Waals surface area (Å²) in [6.07, 6.45) is 0.696. The lowest BCUT2D eigenvalue weighted by molar-refractivity contribution is 0.0677. The molecular weight excluding hydrogens is 334 g/mol. The maximum atomic E-state index is 11.5. The van der Waals surface area contributed by atoms with Gasteiger partial charge in [-0.05, 0) is 48.6 Å². The minimum Gasteiger partial charge on any atom is -0.383 e. The van der Waals surface area contributed by atoms with Crippen LogP contribution >= 0.6 is 11.3 Å². The monoisotopic (exact) mass is 359 g/mol. The maximum Gasteiger partial charge on any atom is 0.191 e. The number of thiophene rings is 1. The summed E-state index contributed by atoms with van der Waals surface area (Å²) in [5.74, 6) is 1.25. The molecule has 1 aliphatic heterocycles. The van der Waals surface area contributed by atoms with Gasteiger partial charge in [0.2, 0.25) is 0 Å². The van der Waals surface area contributed by atoms with E-state index in [-0.39, 0.29) is 24.0 Å². The van der Waals surface area contributed by atoms with Gasteiger partial charge in [0.25, 0.3) is 0 Å². The van der Waals surface area contributed by atoms with Crippen molar-refractivity contribution in [3.05, 3.63) is 22.4 Å². The smallest absolute Gasteiger partial charge is 0.191 e. The van der Waals surface area contributed by atoms with Crippen LogP contribution in [0.3, 0.4) is 0 Å². The quantitative estimate of drug-likeness (QED) is 0.520. The molecule has 0 saturated carbocycles. The van der Waals surface area contributed by atoms with Crippen LogP contribution in [0, 0.1) is 5.92 Å². The Balaban J connectivity index is 1.92. The molecule has 23 heavy (non-hydrogen) atoms. The molecule has 0 bridgehead atoms. The maximum absolute atomic E-state index is 11.5. The van der Waals surface area contributed by atoms with E-state index >= 15 is 0 Å². The van der Waals surface area contributed by atoms with Gasteiger partial charge in [-0.3, -0.25) is 0 Å². The summed E-state index contributed by atoms with van der Waals surface area (Å²) in [7, 11) is -2.86. The van der Waals surface area contributed by atoms with Crippen molar-refractivity contribution in [1.29, 1.82) is 0 Å². The van der Waals surface area contributed by atoms with E-state index in [0.29, 0.717) is 25.5 Å². The molecule has 1 aliphatic rings. The second-order valence-corrected chi connectivity index (χ2v) is 9.14. The molecule has 8 heteroatoms. The van der Waals surface area contributed by atoms with Crippen LogP contribution in [0.1, 0.15) is 25.8 Å². The lowest BCUT2D eigenvalue weighted by Gasteiger charge is -2.21. The highest BCUT2D eigenvalue weighted by molar-refractivity contribution is 7.91. The van der Waals surface area contributed by atoms with Crippen molar-refractivity contribution in [3.63, 3.8) is 0 Å². The Morgan fingerprint density at radius 3 is 2.87 bits per heavy atom. The fourth-order valence-corrected chi connectivity index (χ4v) is 5.16. The molecule has 0 aliphatic carbocycles. The van der Waals surface area contributed by atoms with Crippen LogP contribution in [0.2, 0.25) is 0 Å². The van der Waals surface area contributed by atoms with Crippen molar-refractivity contribution in [2.24, 2.45) is 10.9 Å². The minimum atomic E-state index is -2.86. The second-order valence-electron chi connectivity index (χ2n) is 6.13. The Labute approximate surface area is 141 Å². The molecule has 0 spiro atoms. The van der Waals surface area contributed by atoms with Crippen molar-refractivity contribution < 1.29 is 13.5 Å². The lowest BCUT2D eigenvalue weighted by Crippen LogP contribution is -2.41. The molecular formula is C15H25N3O3S2. The predicted octanol–water partition coefficient (Wildman–Crippen LogP) is 0.945. The molecule has 6 nitrogen and oxygen atoms in total. The summed E-state index contributed by atoms with van der Waals surface area (Å²) >= 11 is 1.54. The van der Waals surface area contributed by atoms with E-state index in [9.17, 15) is 13.5 Å². The number of nitrogens with one attached hydrogen (secondary N) is 2. The molecule has 2 heterocycles. The van der Waals surface area contributed by atoms with E-state index in [1.807, 2.05) is 23.8 Å². The SMILES string of the molecule is CCNC(=NCC(C)(O)c1ccsc1)NCC1CCS(=O)(=O)C1. The van der Waals surface area contributed by atoms with Gasteiger partial charge < -0.3 is 15.7 Å². The zero-order valence-corrected chi connectivity index (χ0v) is 15.2. The number of hydrogen-bond donors (Lipinski definition) is 3. The van der Waals surface area contributed by atoms with E-state index in [1.54, 1.807) is 18.3 Å². The topological polar surface area (TPSA) is 90.8 Å². The number of aliphatic hydroxyl groups is 1. The Kier molecular flexibility index (Phi) is 6.05. The van der Waals surface area contributed by atoms with Gasteiger partial charge >= 0.3 is 0 Å². The zero-order valence-electron chi connectivity index (χ0n) is 13.6. The molecule has 0 aromatic carbocycles. The zero-order chi connectivity index (χ0) is 16.9. The van der Waals surface area contributed by atoms with E-state index in [0.717, 1.165) is 5.56 Å². The van der Waals surface area contributed by atoms with Crippen molar-refractivity contribution in [3.8, 4) is 0 Å². The van der Waals surface area contributed by atoms with Gasteiger partial charge in [0.05, 0.1) is 18.1 Å².